The minimum absolute atomic E-state index is 1.25. The molecule has 0 fully saturated rings. The Morgan fingerprint density at radius 2 is 1.85 bits per heavy atom. The van der Waals surface area contributed by atoms with Gasteiger partial charge in [-0.2, -0.15) is 0 Å². The van der Waals surface area contributed by atoms with Crippen molar-refractivity contribution >= 4 is 23.5 Å². The molecule has 0 atom stereocenters. The van der Waals surface area contributed by atoms with Gasteiger partial charge in [0.15, 0.2) is 0 Å². The molecule has 2 heteroatoms. The Morgan fingerprint density at radius 3 is 2.85 bits per heavy atom. The van der Waals surface area contributed by atoms with Crippen LogP contribution in [0.4, 0.5) is 0 Å². The van der Waals surface area contributed by atoms with Crippen LogP contribution < -0.4 is 0 Å². The second-order valence-corrected chi connectivity index (χ2v) is 3.20. The number of para-hydroxylation sites is 1. The standard InChI is InChI=1S/C11H8BN/c1-2-4-11-9(3-1)5-6-10-7-8-12-13(10)11/h1-8H. The second kappa shape index (κ2) is 2.46. The summed E-state index contributed by atoms with van der Waals surface area (Å²) in [4.78, 5) is 0. The van der Waals surface area contributed by atoms with Gasteiger partial charge in [-0.05, 0) is 0 Å². The van der Waals surface area contributed by atoms with Crippen molar-refractivity contribution in [2.45, 2.75) is 0 Å². The average molecular weight is 165 g/mol. The summed E-state index contributed by atoms with van der Waals surface area (Å²) in [5, 5.41) is 1.28. The van der Waals surface area contributed by atoms with Crippen LogP contribution in [0.5, 0.6) is 0 Å². The summed E-state index contributed by atoms with van der Waals surface area (Å²) in [6.07, 6.45) is 0. The van der Waals surface area contributed by atoms with Gasteiger partial charge in [0.1, 0.15) is 0 Å². The quantitative estimate of drug-likeness (QED) is 0.481. The average Bonchev–Trinajstić information content (AvgIpc) is 2.65. The molecule has 1 aromatic carbocycles. The van der Waals surface area contributed by atoms with Crippen LogP contribution in [0, 0.1) is 0 Å². The van der Waals surface area contributed by atoms with Gasteiger partial charge in [0.25, 0.3) is 0 Å². The molecule has 0 amide bonds. The topological polar surface area (TPSA) is 4.41 Å². The summed E-state index contributed by atoms with van der Waals surface area (Å²) < 4.78 is 2.20. The first-order chi connectivity index (χ1) is 6.45. The molecule has 13 heavy (non-hydrogen) atoms. The summed E-state index contributed by atoms with van der Waals surface area (Å²) >= 11 is 0. The predicted molar refractivity (Wildman–Crippen MR) is 56.3 cm³/mol. The Kier molecular flexibility index (Phi) is 1.30. The number of rotatable bonds is 0. The van der Waals surface area contributed by atoms with Crippen LogP contribution in [-0.2, 0) is 0 Å². The van der Waals surface area contributed by atoms with Crippen molar-refractivity contribution in [3.05, 3.63) is 48.4 Å². The van der Waals surface area contributed by atoms with E-state index in [9.17, 15) is 0 Å². The van der Waals surface area contributed by atoms with E-state index in [0.29, 0.717) is 0 Å². The maximum atomic E-state index is 2.20. The van der Waals surface area contributed by atoms with Crippen LogP contribution in [-0.4, -0.2) is 11.4 Å². The van der Waals surface area contributed by atoms with Crippen molar-refractivity contribution in [2.75, 3.05) is 0 Å². The molecule has 0 N–H and O–H groups in total. The number of nitrogens with zero attached hydrogens (tertiary/aromatic N) is 1. The molecule has 0 bridgehead atoms. The molecule has 0 saturated heterocycles. The van der Waals surface area contributed by atoms with Crippen molar-refractivity contribution in [3.8, 4) is 0 Å². The van der Waals surface area contributed by atoms with Gasteiger partial charge in [0.05, 0.1) is 0 Å². The molecule has 2 aromatic heterocycles. The third kappa shape index (κ3) is 0.918. The Labute approximate surface area is 76.9 Å². The summed E-state index contributed by atoms with van der Waals surface area (Å²) in [5.74, 6) is 2.07. The zero-order valence-corrected chi connectivity index (χ0v) is 7.14. The number of fused-ring (bicyclic) bond motifs is 3. The number of hydrogen-bond acceptors (Lipinski definition) is 0. The van der Waals surface area contributed by atoms with Crippen LogP contribution in [0.2, 0.25) is 0 Å². The first-order valence-corrected chi connectivity index (χ1v) is 4.40. The van der Waals surface area contributed by atoms with E-state index < -0.39 is 0 Å². The van der Waals surface area contributed by atoms with Gasteiger partial charge in [-0.25, -0.2) is 0 Å². The van der Waals surface area contributed by atoms with E-state index in [-0.39, 0.29) is 0 Å². The van der Waals surface area contributed by atoms with Crippen molar-refractivity contribution in [2.24, 2.45) is 0 Å². The van der Waals surface area contributed by atoms with E-state index in [1.165, 1.54) is 16.4 Å². The second-order valence-electron chi connectivity index (χ2n) is 3.20. The van der Waals surface area contributed by atoms with Gasteiger partial charge in [-0.3, -0.25) is 0 Å². The van der Waals surface area contributed by atoms with Crippen molar-refractivity contribution in [1.82, 2.24) is 4.31 Å². The molecule has 0 saturated carbocycles. The summed E-state index contributed by atoms with van der Waals surface area (Å²) in [6.45, 7) is 0. The molecule has 3 rings (SSSR count). The van der Waals surface area contributed by atoms with Crippen LogP contribution in [0.1, 0.15) is 0 Å². The third-order valence-corrected chi connectivity index (χ3v) is 2.41. The third-order valence-electron chi connectivity index (χ3n) is 2.41. The monoisotopic (exact) mass is 165 g/mol. The van der Waals surface area contributed by atoms with Crippen LogP contribution in [0.25, 0.3) is 16.4 Å². The molecule has 3 aromatic rings. The molecule has 1 nitrogen and oxygen atoms in total. The zero-order chi connectivity index (χ0) is 8.67. The maximum absolute atomic E-state index is 2.20. The minimum atomic E-state index is 1.25. The van der Waals surface area contributed by atoms with Gasteiger partial charge in [0.2, 0.25) is 0 Å². The Bertz CT molecular complexity index is 568. The fraction of sp³-hybridized carbons (Fsp3) is 0. The van der Waals surface area contributed by atoms with Crippen LogP contribution in [0.15, 0.2) is 48.4 Å². The number of hydrogen-bond donors (Lipinski definition) is 0. The summed E-state index contributed by atoms with van der Waals surface area (Å²) in [7, 11) is 2.09. The van der Waals surface area contributed by atoms with Crippen molar-refractivity contribution < 1.29 is 0 Å². The van der Waals surface area contributed by atoms with Crippen molar-refractivity contribution in [1.29, 1.82) is 0 Å². The zero-order valence-electron chi connectivity index (χ0n) is 7.14. The van der Waals surface area contributed by atoms with Crippen LogP contribution >= 0.6 is 0 Å². The molecule has 0 aliphatic carbocycles. The molecule has 0 radical (unpaired) electrons. The number of aromatic nitrogens is 1. The molecular formula is C11H8BN. The van der Waals surface area contributed by atoms with Gasteiger partial charge in [-0.1, -0.05) is 0 Å². The Morgan fingerprint density at radius 1 is 0.923 bits per heavy atom. The van der Waals surface area contributed by atoms with Crippen LogP contribution in [0.3, 0.4) is 0 Å². The first-order valence-electron chi connectivity index (χ1n) is 4.40. The molecular weight excluding hydrogens is 157 g/mol. The molecule has 0 unspecified atom stereocenters. The number of benzene rings is 1. The van der Waals surface area contributed by atoms with E-state index in [2.05, 4.69) is 59.8 Å². The fourth-order valence-electron chi connectivity index (χ4n) is 1.77. The van der Waals surface area contributed by atoms with Gasteiger partial charge < -0.3 is 0 Å². The summed E-state index contributed by atoms with van der Waals surface area (Å²) in [6, 6.07) is 14.8. The van der Waals surface area contributed by atoms with Gasteiger partial charge >= 0.3 is 76.2 Å². The molecule has 0 aliphatic heterocycles. The van der Waals surface area contributed by atoms with E-state index >= 15 is 0 Å². The van der Waals surface area contributed by atoms with E-state index in [1.54, 1.807) is 0 Å². The molecule has 60 valence electrons. The van der Waals surface area contributed by atoms with Gasteiger partial charge in [-0.15, -0.1) is 0 Å². The predicted octanol–water partition coefficient (Wildman–Crippen LogP) is 2.43. The van der Waals surface area contributed by atoms with E-state index in [0.717, 1.165) is 0 Å². The number of pyridine rings is 1. The Balaban J connectivity index is 2.65. The fourth-order valence-corrected chi connectivity index (χ4v) is 1.77. The van der Waals surface area contributed by atoms with E-state index in [1.807, 2.05) is 0 Å². The van der Waals surface area contributed by atoms with E-state index in [4.69, 9.17) is 0 Å². The van der Waals surface area contributed by atoms with Gasteiger partial charge in [0, 0.05) is 0 Å². The molecule has 0 aliphatic rings. The first kappa shape index (κ1) is 6.90. The molecule has 2 heterocycles. The SMILES string of the molecule is b1ccc2ccc3ccccc3n12. The summed E-state index contributed by atoms with van der Waals surface area (Å²) in [5.41, 5.74) is 2.52. The normalized spacial score (nSPS) is 10.8. The Hall–Kier alpha value is -1.57. The van der Waals surface area contributed by atoms with Crippen molar-refractivity contribution in [3.63, 3.8) is 0 Å². The molecule has 0 spiro atoms.